The number of rotatable bonds is 6. The number of nitrogens with zero attached hydrogens (tertiary/aromatic N) is 1. The fourth-order valence-electron chi connectivity index (χ4n) is 1.10. The van der Waals surface area contributed by atoms with Crippen molar-refractivity contribution in [3.63, 3.8) is 0 Å². The third kappa shape index (κ3) is 6.59. The first-order valence-electron chi connectivity index (χ1n) is 4.88. The standard InChI is InChI=1S/C10H21NS/c1-4-5-6-7-8-9-10(12)11(2)3/h4-9H2,1-3H3. The van der Waals surface area contributed by atoms with Crippen LogP contribution in [0, 0.1) is 0 Å². The highest BCUT2D eigenvalue weighted by Gasteiger charge is 1.97. The first-order chi connectivity index (χ1) is 5.68. The Hall–Kier alpha value is -0.110. The molecule has 0 N–H and O–H groups in total. The highest BCUT2D eigenvalue weighted by atomic mass is 32.1. The van der Waals surface area contributed by atoms with Crippen LogP contribution in [0.5, 0.6) is 0 Å². The Kier molecular flexibility index (Phi) is 7.47. The van der Waals surface area contributed by atoms with Gasteiger partial charge in [-0.2, -0.15) is 0 Å². The van der Waals surface area contributed by atoms with Crippen LogP contribution in [0.1, 0.15) is 45.4 Å². The SMILES string of the molecule is CCCCCCCC(=S)N(C)C. The fourth-order valence-corrected chi connectivity index (χ4v) is 1.25. The molecule has 72 valence electrons. The minimum atomic E-state index is 1.09. The molecule has 0 spiro atoms. The number of hydrogen-bond acceptors (Lipinski definition) is 1. The van der Waals surface area contributed by atoms with Gasteiger partial charge in [0.15, 0.2) is 0 Å². The summed E-state index contributed by atoms with van der Waals surface area (Å²) in [4.78, 5) is 3.13. The molecule has 0 aromatic rings. The van der Waals surface area contributed by atoms with Crippen LogP contribution in [0.4, 0.5) is 0 Å². The largest absolute Gasteiger partial charge is 0.372 e. The molecule has 0 saturated carbocycles. The van der Waals surface area contributed by atoms with E-state index < -0.39 is 0 Å². The maximum absolute atomic E-state index is 5.18. The summed E-state index contributed by atoms with van der Waals surface area (Å²) in [6, 6.07) is 0. The third-order valence-electron chi connectivity index (χ3n) is 1.99. The molecule has 12 heavy (non-hydrogen) atoms. The zero-order valence-corrected chi connectivity index (χ0v) is 9.41. The van der Waals surface area contributed by atoms with E-state index in [4.69, 9.17) is 12.2 Å². The van der Waals surface area contributed by atoms with Gasteiger partial charge in [-0.25, -0.2) is 0 Å². The molecule has 0 bridgehead atoms. The van der Waals surface area contributed by atoms with Crippen molar-refractivity contribution in [3.05, 3.63) is 0 Å². The van der Waals surface area contributed by atoms with Crippen LogP contribution < -0.4 is 0 Å². The van der Waals surface area contributed by atoms with E-state index in [0.717, 1.165) is 11.4 Å². The summed E-state index contributed by atoms with van der Waals surface area (Å²) < 4.78 is 0. The molecular formula is C10H21NS. The van der Waals surface area contributed by atoms with Crippen molar-refractivity contribution < 1.29 is 0 Å². The maximum atomic E-state index is 5.18. The lowest BCUT2D eigenvalue weighted by molar-refractivity contribution is 0.591. The maximum Gasteiger partial charge on any atom is 0.0774 e. The predicted molar refractivity (Wildman–Crippen MR) is 59.7 cm³/mol. The van der Waals surface area contributed by atoms with Gasteiger partial charge < -0.3 is 4.90 Å². The van der Waals surface area contributed by atoms with Gasteiger partial charge in [0.2, 0.25) is 0 Å². The van der Waals surface area contributed by atoms with Crippen molar-refractivity contribution in [1.82, 2.24) is 4.90 Å². The Bertz CT molecular complexity index is 121. The van der Waals surface area contributed by atoms with E-state index in [1.165, 1.54) is 32.1 Å². The molecule has 0 fully saturated rings. The Balaban J connectivity index is 3.14. The lowest BCUT2D eigenvalue weighted by atomic mass is 10.1. The van der Waals surface area contributed by atoms with Crippen molar-refractivity contribution in [3.8, 4) is 0 Å². The second-order valence-electron chi connectivity index (χ2n) is 3.45. The van der Waals surface area contributed by atoms with E-state index in [-0.39, 0.29) is 0 Å². The Morgan fingerprint density at radius 2 is 1.67 bits per heavy atom. The number of unbranched alkanes of at least 4 members (excludes halogenated alkanes) is 4. The lowest BCUT2D eigenvalue weighted by Gasteiger charge is -2.12. The van der Waals surface area contributed by atoms with Crippen LogP contribution in [0.25, 0.3) is 0 Å². The number of thiocarbonyl (C=S) groups is 1. The van der Waals surface area contributed by atoms with Gasteiger partial charge in [-0.1, -0.05) is 44.8 Å². The highest BCUT2D eigenvalue weighted by molar-refractivity contribution is 7.80. The molecule has 2 heteroatoms. The van der Waals surface area contributed by atoms with Gasteiger partial charge >= 0.3 is 0 Å². The monoisotopic (exact) mass is 187 g/mol. The van der Waals surface area contributed by atoms with Gasteiger partial charge in [0.05, 0.1) is 4.99 Å². The van der Waals surface area contributed by atoms with Crippen LogP contribution in [-0.2, 0) is 0 Å². The van der Waals surface area contributed by atoms with Gasteiger partial charge in [0, 0.05) is 14.1 Å². The normalized spacial score (nSPS) is 9.92. The van der Waals surface area contributed by atoms with Gasteiger partial charge in [-0.05, 0) is 12.8 Å². The van der Waals surface area contributed by atoms with E-state index in [9.17, 15) is 0 Å². The minimum Gasteiger partial charge on any atom is -0.372 e. The van der Waals surface area contributed by atoms with Crippen LogP contribution in [0.15, 0.2) is 0 Å². The van der Waals surface area contributed by atoms with E-state index in [2.05, 4.69) is 6.92 Å². The smallest absolute Gasteiger partial charge is 0.0774 e. The van der Waals surface area contributed by atoms with Crippen LogP contribution in [-0.4, -0.2) is 24.0 Å². The molecule has 0 saturated heterocycles. The summed E-state index contributed by atoms with van der Waals surface area (Å²) in [5.74, 6) is 0. The van der Waals surface area contributed by atoms with E-state index in [1.807, 2.05) is 19.0 Å². The zero-order valence-electron chi connectivity index (χ0n) is 8.60. The molecule has 0 atom stereocenters. The summed E-state index contributed by atoms with van der Waals surface area (Å²) >= 11 is 5.18. The van der Waals surface area contributed by atoms with Gasteiger partial charge in [-0.15, -0.1) is 0 Å². The fraction of sp³-hybridized carbons (Fsp3) is 0.900. The average Bonchev–Trinajstić information content (AvgIpc) is 2.03. The highest BCUT2D eigenvalue weighted by Crippen LogP contribution is 2.06. The molecule has 0 aromatic heterocycles. The van der Waals surface area contributed by atoms with Crippen LogP contribution in [0.2, 0.25) is 0 Å². The molecule has 0 aromatic carbocycles. The molecule has 0 amide bonds. The topological polar surface area (TPSA) is 3.24 Å². The summed E-state index contributed by atoms with van der Waals surface area (Å²) in [5.41, 5.74) is 0. The summed E-state index contributed by atoms with van der Waals surface area (Å²) in [6.45, 7) is 2.24. The Morgan fingerprint density at radius 1 is 1.08 bits per heavy atom. The van der Waals surface area contributed by atoms with Crippen LogP contribution in [0.3, 0.4) is 0 Å². The van der Waals surface area contributed by atoms with Crippen molar-refractivity contribution in [2.45, 2.75) is 45.4 Å². The quantitative estimate of drug-likeness (QED) is 0.464. The van der Waals surface area contributed by atoms with Crippen LogP contribution >= 0.6 is 12.2 Å². The number of hydrogen-bond donors (Lipinski definition) is 0. The van der Waals surface area contributed by atoms with Crippen molar-refractivity contribution in [1.29, 1.82) is 0 Å². The van der Waals surface area contributed by atoms with Gasteiger partial charge in [0.1, 0.15) is 0 Å². The van der Waals surface area contributed by atoms with Crippen molar-refractivity contribution in [2.75, 3.05) is 14.1 Å². The second kappa shape index (κ2) is 7.53. The van der Waals surface area contributed by atoms with E-state index in [1.54, 1.807) is 0 Å². The lowest BCUT2D eigenvalue weighted by Crippen LogP contribution is -2.19. The van der Waals surface area contributed by atoms with Crippen molar-refractivity contribution >= 4 is 17.2 Å². The molecular weight excluding hydrogens is 166 g/mol. The van der Waals surface area contributed by atoms with E-state index >= 15 is 0 Å². The molecule has 1 nitrogen and oxygen atoms in total. The molecule has 0 radical (unpaired) electrons. The molecule has 0 aliphatic rings. The zero-order chi connectivity index (χ0) is 9.40. The molecule has 0 heterocycles. The Morgan fingerprint density at radius 3 is 2.17 bits per heavy atom. The summed E-state index contributed by atoms with van der Waals surface area (Å²) in [7, 11) is 4.04. The summed E-state index contributed by atoms with van der Waals surface area (Å²) in [5, 5.41) is 0. The predicted octanol–water partition coefficient (Wildman–Crippen LogP) is 3.24. The second-order valence-corrected chi connectivity index (χ2v) is 3.92. The molecule has 0 unspecified atom stereocenters. The third-order valence-corrected chi connectivity index (χ3v) is 2.56. The first-order valence-corrected chi connectivity index (χ1v) is 5.29. The summed E-state index contributed by atoms with van der Waals surface area (Å²) in [6.07, 6.45) is 7.74. The minimum absolute atomic E-state index is 1.09. The molecule has 0 rings (SSSR count). The molecule has 0 aliphatic heterocycles. The van der Waals surface area contributed by atoms with Gasteiger partial charge in [0.25, 0.3) is 0 Å². The van der Waals surface area contributed by atoms with Gasteiger partial charge in [-0.3, -0.25) is 0 Å². The average molecular weight is 187 g/mol. The Labute approximate surface area is 82.1 Å². The molecule has 0 aliphatic carbocycles. The van der Waals surface area contributed by atoms with E-state index in [0.29, 0.717) is 0 Å². The van der Waals surface area contributed by atoms with Crippen molar-refractivity contribution in [2.24, 2.45) is 0 Å². The first kappa shape index (κ1) is 11.9.